The van der Waals surface area contributed by atoms with Gasteiger partial charge >= 0.3 is 0 Å². The highest BCUT2D eigenvalue weighted by molar-refractivity contribution is 5.94. The van der Waals surface area contributed by atoms with Gasteiger partial charge in [0.1, 0.15) is 5.82 Å². The molecule has 116 valence electrons. The van der Waals surface area contributed by atoms with E-state index in [-0.39, 0.29) is 17.4 Å². The van der Waals surface area contributed by atoms with Gasteiger partial charge in [-0.2, -0.15) is 0 Å². The SMILES string of the molecule is CC(C)(C)c1cc(C(=O)NCCC2CCCO2)cc(N)n1. The first-order valence-electron chi connectivity index (χ1n) is 7.54. The van der Waals surface area contributed by atoms with Gasteiger partial charge in [0.25, 0.3) is 5.91 Å². The summed E-state index contributed by atoms with van der Waals surface area (Å²) in [5.74, 6) is 0.277. The van der Waals surface area contributed by atoms with Crippen LogP contribution in [0, 0.1) is 0 Å². The number of nitrogen functional groups attached to an aromatic ring is 1. The highest BCUT2D eigenvalue weighted by Gasteiger charge is 2.19. The summed E-state index contributed by atoms with van der Waals surface area (Å²) >= 11 is 0. The van der Waals surface area contributed by atoms with Crippen molar-refractivity contribution in [2.24, 2.45) is 0 Å². The number of nitrogens with two attached hydrogens (primary N) is 1. The summed E-state index contributed by atoms with van der Waals surface area (Å²) in [5, 5.41) is 2.93. The first-order valence-corrected chi connectivity index (χ1v) is 7.54. The molecule has 2 rings (SSSR count). The lowest BCUT2D eigenvalue weighted by Gasteiger charge is -2.19. The van der Waals surface area contributed by atoms with E-state index in [0.29, 0.717) is 17.9 Å². The Balaban J connectivity index is 1.96. The number of carbonyl (C=O) groups is 1. The van der Waals surface area contributed by atoms with Crippen molar-refractivity contribution in [3.8, 4) is 0 Å². The van der Waals surface area contributed by atoms with Crippen LogP contribution in [0.5, 0.6) is 0 Å². The van der Waals surface area contributed by atoms with Gasteiger partial charge in [-0.25, -0.2) is 4.98 Å². The fourth-order valence-corrected chi connectivity index (χ4v) is 2.39. The highest BCUT2D eigenvalue weighted by atomic mass is 16.5. The molecule has 1 aromatic rings. The zero-order chi connectivity index (χ0) is 15.5. The van der Waals surface area contributed by atoms with Crippen LogP contribution in [0.4, 0.5) is 5.82 Å². The summed E-state index contributed by atoms with van der Waals surface area (Å²) < 4.78 is 5.54. The first-order chi connectivity index (χ1) is 9.86. The Morgan fingerprint density at radius 1 is 1.48 bits per heavy atom. The van der Waals surface area contributed by atoms with Crippen molar-refractivity contribution < 1.29 is 9.53 Å². The van der Waals surface area contributed by atoms with Crippen LogP contribution >= 0.6 is 0 Å². The van der Waals surface area contributed by atoms with E-state index in [2.05, 4.69) is 10.3 Å². The van der Waals surface area contributed by atoms with Crippen LogP contribution in [0.1, 0.15) is 56.1 Å². The molecule has 0 saturated carbocycles. The molecule has 1 amide bonds. The minimum Gasteiger partial charge on any atom is -0.384 e. The number of aromatic nitrogens is 1. The van der Waals surface area contributed by atoms with Crippen LogP contribution in [-0.4, -0.2) is 30.1 Å². The fourth-order valence-electron chi connectivity index (χ4n) is 2.39. The molecule has 0 bridgehead atoms. The molecule has 0 spiro atoms. The van der Waals surface area contributed by atoms with Crippen molar-refractivity contribution in [1.82, 2.24) is 10.3 Å². The number of rotatable bonds is 4. The molecular formula is C16H25N3O2. The van der Waals surface area contributed by atoms with Crippen molar-refractivity contribution in [1.29, 1.82) is 0 Å². The van der Waals surface area contributed by atoms with Crippen molar-refractivity contribution >= 4 is 11.7 Å². The standard InChI is InChI=1S/C16H25N3O2/c1-16(2,3)13-9-11(10-14(17)19-13)15(20)18-7-6-12-5-4-8-21-12/h9-10,12H,4-8H2,1-3H3,(H2,17,19)(H,18,20). The Kier molecular flexibility index (Phi) is 4.83. The Morgan fingerprint density at radius 2 is 2.24 bits per heavy atom. The molecule has 5 heteroatoms. The topological polar surface area (TPSA) is 77.2 Å². The lowest BCUT2D eigenvalue weighted by molar-refractivity contribution is 0.0907. The molecule has 1 aromatic heterocycles. The quantitative estimate of drug-likeness (QED) is 0.892. The molecule has 0 radical (unpaired) electrons. The second-order valence-electron chi connectivity index (χ2n) is 6.60. The number of hydrogen-bond acceptors (Lipinski definition) is 4. The molecule has 0 aliphatic carbocycles. The molecule has 5 nitrogen and oxygen atoms in total. The number of carbonyl (C=O) groups excluding carboxylic acids is 1. The summed E-state index contributed by atoms with van der Waals surface area (Å²) in [4.78, 5) is 16.5. The summed E-state index contributed by atoms with van der Waals surface area (Å²) in [5.41, 5.74) is 7.07. The predicted molar refractivity (Wildman–Crippen MR) is 83.3 cm³/mol. The lowest BCUT2D eigenvalue weighted by atomic mass is 9.90. The maximum Gasteiger partial charge on any atom is 0.251 e. The third-order valence-corrected chi connectivity index (χ3v) is 3.65. The molecule has 1 atom stereocenters. The summed E-state index contributed by atoms with van der Waals surface area (Å²) in [7, 11) is 0. The molecule has 1 aliphatic rings. The minimum absolute atomic E-state index is 0.104. The van der Waals surface area contributed by atoms with Crippen molar-refractivity contribution in [3.63, 3.8) is 0 Å². The second-order valence-corrected chi connectivity index (χ2v) is 6.60. The average Bonchev–Trinajstić information content (AvgIpc) is 2.90. The summed E-state index contributed by atoms with van der Waals surface area (Å²) in [6.45, 7) is 7.61. The number of nitrogens with one attached hydrogen (secondary N) is 1. The van der Waals surface area contributed by atoms with Crippen molar-refractivity contribution in [3.05, 3.63) is 23.4 Å². The molecule has 21 heavy (non-hydrogen) atoms. The molecule has 2 heterocycles. The van der Waals surface area contributed by atoms with E-state index in [0.717, 1.165) is 31.6 Å². The Morgan fingerprint density at radius 3 is 2.86 bits per heavy atom. The van der Waals surface area contributed by atoms with Crippen LogP contribution < -0.4 is 11.1 Å². The van der Waals surface area contributed by atoms with E-state index in [1.807, 2.05) is 26.8 Å². The number of ether oxygens (including phenoxy) is 1. The van der Waals surface area contributed by atoms with Crippen LogP contribution in [0.15, 0.2) is 12.1 Å². The second kappa shape index (κ2) is 6.43. The van der Waals surface area contributed by atoms with E-state index in [1.165, 1.54) is 0 Å². The third-order valence-electron chi connectivity index (χ3n) is 3.65. The Labute approximate surface area is 126 Å². The zero-order valence-corrected chi connectivity index (χ0v) is 13.1. The van der Waals surface area contributed by atoms with Gasteiger partial charge in [0.05, 0.1) is 6.10 Å². The molecule has 1 unspecified atom stereocenters. The largest absolute Gasteiger partial charge is 0.384 e. The number of anilines is 1. The average molecular weight is 291 g/mol. The van der Waals surface area contributed by atoms with E-state index in [1.54, 1.807) is 6.07 Å². The number of pyridine rings is 1. The van der Waals surface area contributed by atoms with Crippen molar-refractivity contribution in [2.45, 2.75) is 51.6 Å². The van der Waals surface area contributed by atoms with Crippen LogP contribution in [0.2, 0.25) is 0 Å². The van der Waals surface area contributed by atoms with Gasteiger partial charge in [-0.05, 0) is 31.4 Å². The fraction of sp³-hybridized carbons (Fsp3) is 0.625. The van der Waals surface area contributed by atoms with E-state index in [9.17, 15) is 4.79 Å². The maximum absolute atomic E-state index is 12.2. The Hall–Kier alpha value is -1.62. The molecule has 3 N–H and O–H groups in total. The molecular weight excluding hydrogens is 266 g/mol. The van der Waals surface area contributed by atoms with Gasteiger partial charge in [0.2, 0.25) is 0 Å². The molecule has 1 saturated heterocycles. The van der Waals surface area contributed by atoms with Crippen LogP contribution in [0.25, 0.3) is 0 Å². The minimum atomic E-state index is -0.137. The van der Waals surface area contributed by atoms with Gasteiger partial charge in [-0.3, -0.25) is 4.79 Å². The van der Waals surface area contributed by atoms with E-state index >= 15 is 0 Å². The number of amides is 1. The third kappa shape index (κ3) is 4.43. The lowest BCUT2D eigenvalue weighted by Crippen LogP contribution is -2.28. The maximum atomic E-state index is 12.2. The van der Waals surface area contributed by atoms with E-state index < -0.39 is 0 Å². The molecule has 1 fully saturated rings. The number of hydrogen-bond donors (Lipinski definition) is 2. The Bertz CT molecular complexity index is 503. The summed E-state index contributed by atoms with van der Waals surface area (Å²) in [6.07, 6.45) is 3.36. The summed E-state index contributed by atoms with van der Waals surface area (Å²) in [6, 6.07) is 3.44. The normalized spacial score (nSPS) is 18.7. The monoisotopic (exact) mass is 291 g/mol. The first kappa shape index (κ1) is 15.8. The highest BCUT2D eigenvalue weighted by Crippen LogP contribution is 2.22. The van der Waals surface area contributed by atoms with Gasteiger partial charge in [0.15, 0.2) is 0 Å². The zero-order valence-electron chi connectivity index (χ0n) is 13.1. The van der Waals surface area contributed by atoms with Crippen LogP contribution in [0.3, 0.4) is 0 Å². The predicted octanol–water partition coefficient (Wildman–Crippen LogP) is 2.26. The van der Waals surface area contributed by atoms with E-state index in [4.69, 9.17) is 10.5 Å². The van der Waals surface area contributed by atoms with Crippen LogP contribution in [-0.2, 0) is 10.2 Å². The smallest absolute Gasteiger partial charge is 0.251 e. The molecule has 1 aliphatic heterocycles. The van der Waals surface area contributed by atoms with Gasteiger partial charge in [-0.15, -0.1) is 0 Å². The molecule has 0 aromatic carbocycles. The van der Waals surface area contributed by atoms with Gasteiger partial charge in [-0.1, -0.05) is 20.8 Å². The van der Waals surface area contributed by atoms with Crippen molar-refractivity contribution in [2.75, 3.05) is 18.9 Å². The van der Waals surface area contributed by atoms with Gasteiger partial charge in [0, 0.05) is 29.8 Å². The van der Waals surface area contributed by atoms with Gasteiger partial charge < -0.3 is 15.8 Å². The number of nitrogens with zero attached hydrogens (tertiary/aromatic N) is 1.